The molecule has 0 aliphatic carbocycles. The van der Waals surface area contributed by atoms with Gasteiger partial charge in [-0.15, -0.1) is 0 Å². The van der Waals surface area contributed by atoms with Gasteiger partial charge in [0, 0.05) is 78.2 Å². The van der Waals surface area contributed by atoms with Gasteiger partial charge in [-0.2, -0.15) is 0 Å². The summed E-state index contributed by atoms with van der Waals surface area (Å²) in [6.45, 7) is 12.4. The molecule has 6 heteroatoms. The van der Waals surface area contributed by atoms with E-state index in [1.54, 1.807) is 12.1 Å². The Hall–Kier alpha value is -4.71. The minimum Gasteiger partial charge on any atom is -0.508 e. The lowest BCUT2D eigenvalue weighted by atomic mass is 9.82. The normalized spacial score (nSPS) is 12.5. The van der Waals surface area contributed by atoms with Crippen molar-refractivity contribution in [3.63, 3.8) is 0 Å². The molecule has 1 aromatic heterocycles. The first-order valence-electron chi connectivity index (χ1n) is 14.8. The van der Waals surface area contributed by atoms with E-state index in [9.17, 15) is 9.90 Å². The standard InChI is InChI=1S/C36H36N2O4/c1-5-37(6-2)26-14-17-29-33(20-26)41-34-21-27(38(7-3)8-4)15-18-30(34)35(29)24-11-9-23(10-12-24)31-19-25-13-16-28(39)22-32(25)42-36(31)40/h9-22,35,39H,5-8H2,1-4H3. The molecule has 0 saturated carbocycles. The van der Waals surface area contributed by atoms with Gasteiger partial charge >= 0.3 is 5.63 Å². The Balaban J connectivity index is 1.44. The molecule has 2 heterocycles. The van der Waals surface area contributed by atoms with E-state index in [1.807, 2.05) is 18.2 Å². The fourth-order valence-corrected chi connectivity index (χ4v) is 6.07. The molecule has 1 aliphatic rings. The molecule has 0 saturated heterocycles. The summed E-state index contributed by atoms with van der Waals surface area (Å²) in [6, 6.07) is 27.8. The second-order valence-electron chi connectivity index (χ2n) is 10.6. The SMILES string of the molecule is CCN(CC)c1ccc2c(c1)Oc1cc(N(CC)CC)ccc1C2c1ccc(-c2cc3ccc(O)cc3oc2=O)cc1. The number of phenols is 1. The Labute approximate surface area is 246 Å². The quantitative estimate of drug-likeness (QED) is 0.190. The van der Waals surface area contributed by atoms with Crippen molar-refractivity contribution in [2.24, 2.45) is 0 Å². The molecule has 0 bridgehead atoms. The number of nitrogens with zero attached hydrogens (tertiary/aromatic N) is 2. The van der Waals surface area contributed by atoms with Crippen LogP contribution in [-0.2, 0) is 0 Å². The Bertz CT molecular complexity index is 1740. The van der Waals surface area contributed by atoms with Crippen LogP contribution in [0, 0.1) is 0 Å². The number of anilines is 2. The van der Waals surface area contributed by atoms with Crippen LogP contribution in [0.3, 0.4) is 0 Å². The lowest BCUT2D eigenvalue weighted by Crippen LogP contribution is -2.23. The highest BCUT2D eigenvalue weighted by molar-refractivity contribution is 5.82. The number of ether oxygens (including phenoxy) is 1. The first-order valence-corrected chi connectivity index (χ1v) is 14.8. The van der Waals surface area contributed by atoms with Crippen LogP contribution in [0.2, 0.25) is 0 Å². The highest BCUT2D eigenvalue weighted by atomic mass is 16.5. The number of hydrogen-bond donors (Lipinski definition) is 1. The zero-order valence-corrected chi connectivity index (χ0v) is 24.6. The lowest BCUT2D eigenvalue weighted by Gasteiger charge is -2.32. The number of fused-ring (bicyclic) bond motifs is 3. The van der Waals surface area contributed by atoms with E-state index >= 15 is 0 Å². The molecule has 4 aromatic carbocycles. The van der Waals surface area contributed by atoms with E-state index < -0.39 is 5.63 Å². The third kappa shape index (κ3) is 4.87. The lowest BCUT2D eigenvalue weighted by molar-refractivity contribution is 0.453. The number of aromatic hydroxyl groups is 1. The molecule has 1 N–H and O–H groups in total. The molecule has 6 nitrogen and oxygen atoms in total. The molecule has 6 rings (SSSR count). The smallest absolute Gasteiger partial charge is 0.344 e. The molecule has 5 aromatic rings. The fourth-order valence-electron chi connectivity index (χ4n) is 6.07. The van der Waals surface area contributed by atoms with Crippen molar-refractivity contribution >= 4 is 22.3 Å². The Morgan fingerprint density at radius 2 is 1.26 bits per heavy atom. The van der Waals surface area contributed by atoms with Gasteiger partial charge in [-0.25, -0.2) is 4.79 Å². The Morgan fingerprint density at radius 3 is 1.81 bits per heavy atom. The highest BCUT2D eigenvalue weighted by Gasteiger charge is 2.30. The van der Waals surface area contributed by atoms with Crippen molar-refractivity contribution in [3.8, 4) is 28.4 Å². The van der Waals surface area contributed by atoms with Crippen LogP contribution in [0.4, 0.5) is 11.4 Å². The first kappa shape index (κ1) is 27.5. The minimum absolute atomic E-state index is 0.0229. The fraction of sp³-hybridized carbons (Fsp3) is 0.250. The van der Waals surface area contributed by atoms with Gasteiger partial charge in [-0.1, -0.05) is 36.4 Å². The van der Waals surface area contributed by atoms with Crippen molar-refractivity contribution < 1.29 is 14.3 Å². The summed E-state index contributed by atoms with van der Waals surface area (Å²) in [7, 11) is 0. The third-order valence-corrected chi connectivity index (χ3v) is 8.37. The van der Waals surface area contributed by atoms with Gasteiger partial charge in [0.1, 0.15) is 22.8 Å². The summed E-state index contributed by atoms with van der Waals surface area (Å²) in [4.78, 5) is 17.5. The van der Waals surface area contributed by atoms with Gasteiger partial charge in [0.2, 0.25) is 0 Å². The van der Waals surface area contributed by atoms with E-state index in [-0.39, 0.29) is 11.7 Å². The minimum atomic E-state index is -0.435. The number of phenolic OH excluding ortho intramolecular Hbond substituents is 1. The van der Waals surface area contributed by atoms with Crippen molar-refractivity contribution in [1.29, 1.82) is 0 Å². The van der Waals surface area contributed by atoms with E-state index in [2.05, 4.69) is 86.0 Å². The van der Waals surface area contributed by atoms with E-state index in [0.717, 1.165) is 76.7 Å². The second-order valence-corrected chi connectivity index (χ2v) is 10.6. The van der Waals surface area contributed by atoms with Crippen molar-refractivity contribution in [2.45, 2.75) is 33.6 Å². The Kier molecular flexibility index (Phi) is 7.38. The summed E-state index contributed by atoms with van der Waals surface area (Å²) in [5.41, 5.74) is 6.84. The molecule has 42 heavy (non-hydrogen) atoms. The zero-order valence-electron chi connectivity index (χ0n) is 24.6. The van der Waals surface area contributed by atoms with Gasteiger partial charge in [0.15, 0.2) is 0 Å². The van der Waals surface area contributed by atoms with Crippen molar-refractivity contribution in [2.75, 3.05) is 36.0 Å². The first-order chi connectivity index (χ1) is 20.4. The van der Waals surface area contributed by atoms with Crippen LogP contribution in [0.15, 0.2) is 94.1 Å². The predicted octanol–water partition coefficient (Wildman–Crippen LogP) is 8.14. The molecule has 214 valence electrons. The molecule has 0 unspecified atom stereocenters. The molecule has 0 amide bonds. The zero-order chi connectivity index (χ0) is 29.4. The maximum atomic E-state index is 12.9. The Morgan fingerprint density at radius 1 is 0.690 bits per heavy atom. The maximum absolute atomic E-state index is 12.9. The largest absolute Gasteiger partial charge is 0.508 e. The molecular weight excluding hydrogens is 524 g/mol. The average Bonchev–Trinajstić information content (AvgIpc) is 3.01. The van der Waals surface area contributed by atoms with Crippen LogP contribution < -0.4 is 20.2 Å². The van der Waals surface area contributed by atoms with E-state index in [4.69, 9.17) is 9.15 Å². The molecule has 0 radical (unpaired) electrons. The van der Waals surface area contributed by atoms with Crippen molar-refractivity contribution in [3.05, 3.63) is 112 Å². The average molecular weight is 561 g/mol. The monoisotopic (exact) mass is 560 g/mol. The summed E-state index contributed by atoms with van der Waals surface area (Å²) < 4.78 is 12.1. The number of rotatable bonds is 8. The van der Waals surface area contributed by atoms with Crippen LogP contribution >= 0.6 is 0 Å². The summed E-state index contributed by atoms with van der Waals surface area (Å²) in [5.74, 6) is 1.78. The molecule has 1 aliphatic heterocycles. The van der Waals surface area contributed by atoms with Gasteiger partial charge in [-0.3, -0.25) is 0 Å². The van der Waals surface area contributed by atoms with Gasteiger partial charge < -0.3 is 24.1 Å². The molecule has 0 fully saturated rings. The summed E-state index contributed by atoms with van der Waals surface area (Å²) in [5, 5.41) is 10.5. The van der Waals surface area contributed by atoms with Crippen LogP contribution in [0.1, 0.15) is 50.3 Å². The maximum Gasteiger partial charge on any atom is 0.344 e. The second kappa shape index (κ2) is 11.3. The molecular formula is C36H36N2O4. The van der Waals surface area contributed by atoms with E-state index in [1.165, 1.54) is 6.07 Å². The van der Waals surface area contributed by atoms with Crippen molar-refractivity contribution in [1.82, 2.24) is 0 Å². The predicted molar refractivity (Wildman–Crippen MR) is 171 cm³/mol. The van der Waals surface area contributed by atoms with Crippen LogP contribution in [-0.4, -0.2) is 31.3 Å². The summed E-state index contributed by atoms with van der Waals surface area (Å²) in [6.07, 6.45) is 0. The van der Waals surface area contributed by atoms with E-state index in [0.29, 0.717) is 11.1 Å². The highest BCUT2D eigenvalue weighted by Crippen LogP contribution is 2.49. The van der Waals surface area contributed by atoms with Gasteiger partial charge in [0.25, 0.3) is 0 Å². The third-order valence-electron chi connectivity index (χ3n) is 8.37. The number of hydrogen-bond acceptors (Lipinski definition) is 6. The topological polar surface area (TPSA) is 66.2 Å². The molecule has 0 spiro atoms. The van der Waals surface area contributed by atoms with Gasteiger partial charge in [0.05, 0.1) is 5.56 Å². The van der Waals surface area contributed by atoms with Gasteiger partial charge in [-0.05, 0) is 69.2 Å². The van der Waals surface area contributed by atoms with Crippen LogP contribution in [0.5, 0.6) is 17.2 Å². The number of benzene rings is 4. The molecule has 0 atom stereocenters. The van der Waals surface area contributed by atoms with Crippen LogP contribution in [0.25, 0.3) is 22.1 Å². The summed E-state index contributed by atoms with van der Waals surface area (Å²) >= 11 is 0.